The molecule has 0 saturated heterocycles. The molecule has 0 radical (unpaired) electrons. The molecule has 29 heavy (non-hydrogen) atoms. The molecule has 7 heteroatoms. The van der Waals surface area contributed by atoms with E-state index >= 15 is 0 Å². The lowest BCUT2D eigenvalue weighted by Gasteiger charge is -2.23. The van der Waals surface area contributed by atoms with Crippen molar-refractivity contribution >= 4 is 21.6 Å². The number of nitrogens with zero attached hydrogens (tertiary/aromatic N) is 1. The average Bonchev–Trinajstić information content (AvgIpc) is 3.14. The molecule has 0 fully saturated rings. The number of hydrogen-bond acceptors (Lipinski definition) is 4. The van der Waals surface area contributed by atoms with Crippen LogP contribution in [0.1, 0.15) is 43.0 Å². The Kier molecular flexibility index (Phi) is 6.47. The summed E-state index contributed by atoms with van der Waals surface area (Å²) in [5, 5.41) is 2.92. The number of nitrogens with one attached hydrogen (secondary N) is 1. The van der Waals surface area contributed by atoms with Gasteiger partial charge < -0.3 is 10.1 Å². The molecule has 0 bridgehead atoms. The van der Waals surface area contributed by atoms with Crippen molar-refractivity contribution < 1.29 is 17.9 Å². The second-order valence-corrected chi connectivity index (χ2v) is 9.27. The normalized spacial score (nSPS) is 14.2. The molecule has 2 aromatic rings. The van der Waals surface area contributed by atoms with Gasteiger partial charge in [-0.2, -0.15) is 0 Å². The van der Waals surface area contributed by atoms with Gasteiger partial charge in [-0.15, -0.1) is 0 Å². The Morgan fingerprint density at radius 3 is 2.48 bits per heavy atom. The molecule has 0 saturated carbocycles. The van der Waals surface area contributed by atoms with Gasteiger partial charge >= 0.3 is 0 Å². The van der Waals surface area contributed by atoms with Crippen LogP contribution in [-0.2, 0) is 27.7 Å². The third-order valence-corrected chi connectivity index (χ3v) is 6.26. The maximum absolute atomic E-state index is 12.6. The van der Waals surface area contributed by atoms with Crippen molar-refractivity contribution in [3.8, 4) is 5.75 Å². The summed E-state index contributed by atoms with van der Waals surface area (Å²) < 4.78 is 31.1. The molecular formula is C22H28N2O4S. The largest absolute Gasteiger partial charge is 0.494 e. The zero-order chi connectivity index (χ0) is 21.0. The van der Waals surface area contributed by atoms with Crippen LogP contribution in [0.2, 0.25) is 0 Å². The van der Waals surface area contributed by atoms with Gasteiger partial charge in [0.25, 0.3) is 0 Å². The van der Waals surface area contributed by atoms with E-state index in [1.165, 1.54) is 17.5 Å². The maximum atomic E-state index is 12.6. The predicted octanol–water partition coefficient (Wildman–Crippen LogP) is 3.22. The van der Waals surface area contributed by atoms with Crippen LogP contribution in [0.15, 0.2) is 42.5 Å². The topological polar surface area (TPSA) is 75.7 Å². The van der Waals surface area contributed by atoms with E-state index < -0.39 is 10.0 Å². The lowest BCUT2D eigenvalue weighted by atomic mass is 10.0. The minimum Gasteiger partial charge on any atom is -0.494 e. The van der Waals surface area contributed by atoms with Gasteiger partial charge in [-0.25, -0.2) is 8.42 Å². The zero-order valence-corrected chi connectivity index (χ0v) is 18.0. The van der Waals surface area contributed by atoms with Crippen LogP contribution in [0.3, 0.4) is 0 Å². The van der Waals surface area contributed by atoms with Crippen LogP contribution in [0.25, 0.3) is 0 Å². The first-order valence-electron chi connectivity index (χ1n) is 9.89. The summed E-state index contributed by atoms with van der Waals surface area (Å²) in [7, 11) is -3.61. The molecule has 3 rings (SSSR count). The van der Waals surface area contributed by atoms with E-state index in [1.807, 2.05) is 19.9 Å². The summed E-state index contributed by atoms with van der Waals surface area (Å²) in [5.74, 6) is 0.302. The molecule has 0 aliphatic heterocycles. The van der Waals surface area contributed by atoms with E-state index in [0.29, 0.717) is 18.0 Å². The fourth-order valence-electron chi connectivity index (χ4n) is 3.64. The Balaban J connectivity index is 1.70. The quantitative estimate of drug-likeness (QED) is 0.717. The van der Waals surface area contributed by atoms with Gasteiger partial charge in [0.1, 0.15) is 12.3 Å². The van der Waals surface area contributed by atoms with Crippen LogP contribution in [0.5, 0.6) is 5.75 Å². The fourth-order valence-corrected chi connectivity index (χ4v) is 4.49. The number of benzene rings is 2. The maximum Gasteiger partial charge on any atom is 0.241 e. The first kappa shape index (κ1) is 21.2. The van der Waals surface area contributed by atoms with Crippen molar-refractivity contribution in [2.75, 3.05) is 23.7 Å². The van der Waals surface area contributed by atoms with Gasteiger partial charge in [0.15, 0.2) is 0 Å². The van der Waals surface area contributed by atoms with Gasteiger partial charge in [-0.05, 0) is 74.1 Å². The van der Waals surface area contributed by atoms with Crippen molar-refractivity contribution in [3.05, 3.63) is 59.2 Å². The average molecular weight is 417 g/mol. The molecule has 1 aliphatic rings. The number of rotatable bonds is 8. The zero-order valence-electron chi connectivity index (χ0n) is 17.1. The summed E-state index contributed by atoms with van der Waals surface area (Å²) in [6.45, 7) is 4.04. The number of fused-ring (bicyclic) bond motifs is 1. The number of carbonyl (C=O) groups is 1. The number of amides is 1. The molecule has 0 aromatic heterocycles. The molecule has 0 unspecified atom stereocenters. The molecule has 1 amide bonds. The highest BCUT2D eigenvalue weighted by Crippen LogP contribution is 2.26. The molecule has 1 N–H and O–H groups in total. The smallest absolute Gasteiger partial charge is 0.241 e. The van der Waals surface area contributed by atoms with E-state index in [9.17, 15) is 13.2 Å². The Hall–Kier alpha value is -2.54. The molecule has 156 valence electrons. The van der Waals surface area contributed by atoms with Crippen LogP contribution in [0.4, 0.5) is 5.69 Å². The number of carbonyl (C=O) groups excluding carboxylic acids is 1. The Morgan fingerprint density at radius 1 is 1.14 bits per heavy atom. The number of ether oxygens (including phenoxy) is 1. The minimum absolute atomic E-state index is 0.199. The second-order valence-electron chi connectivity index (χ2n) is 7.37. The van der Waals surface area contributed by atoms with Gasteiger partial charge in [0.2, 0.25) is 15.9 Å². The first-order chi connectivity index (χ1) is 13.8. The third-order valence-electron chi connectivity index (χ3n) is 5.12. The predicted molar refractivity (Wildman–Crippen MR) is 115 cm³/mol. The van der Waals surface area contributed by atoms with Gasteiger partial charge in [0.05, 0.1) is 24.6 Å². The lowest BCUT2D eigenvalue weighted by Crippen LogP contribution is -2.41. The third kappa shape index (κ3) is 5.29. The molecule has 0 spiro atoms. The van der Waals surface area contributed by atoms with E-state index in [4.69, 9.17) is 4.74 Å². The van der Waals surface area contributed by atoms with Crippen molar-refractivity contribution in [1.82, 2.24) is 5.32 Å². The van der Waals surface area contributed by atoms with E-state index in [2.05, 4.69) is 17.4 Å². The van der Waals surface area contributed by atoms with Crippen LogP contribution >= 0.6 is 0 Å². The highest BCUT2D eigenvalue weighted by molar-refractivity contribution is 7.92. The summed E-state index contributed by atoms with van der Waals surface area (Å²) >= 11 is 0. The minimum atomic E-state index is -3.61. The summed E-state index contributed by atoms with van der Waals surface area (Å²) in [5.41, 5.74) is 4.18. The SMILES string of the molecule is CCOc1ccc(N(CC(=O)N[C@@H](C)c2ccc3c(c2)CCC3)S(C)(=O)=O)cc1. The molecular weight excluding hydrogens is 388 g/mol. The van der Waals surface area contributed by atoms with Crippen molar-refractivity contribution in [2.45, 2.75) is 39.2 Å². The Morgan fingerprint density at radius 2 is 1.83 bits per heavy atom. The van der Waals surface area contributed by atoms with Gasteiger partial charge in [-0.1, -0.05) is 18.2 Å². The van der Waals surface area contributed by atoms with Crippen molar-refractivity contribution in [2.24, 2.45) is 0 Å². The molecule has 1 aliphatic carbocycles. The van der Waals surface area contributed by atoms with Crippen LogP contribution < -0.4 is 14.4 Å². The number of sulfonamides is 1. The van der Waals surface area contributed by atoms with Crippen molar-refractivity contribution in [1.29, 1.82) is 0 Å². The van der Waals surface area contributed by atoms with E-state index in [-0.39, 0.29) is 18.5 Å². The van der Waals surface area contributed by atoms with Gasteiger partial charge in [-0.3, -0.25) is 9.10 Å². The molecule has 2 aromatic carbocycles. The van der Waals surface area contributed by atoms with Gasteiger partial charge in [0, 0.05) is 0 Å². The Labute approximate surface area is 172 Å². The second kappa shape index (κ2) is 8.86. The summed E-state index contributed by atoms with van der Waals surface area (Å²) in [4.78, 5) is 12.6. The highest BCUT2D eigenvalue weighted by atomic mass is 32.2. The van der Waals surface area contributed by atoms with E-state index in [1.54, 1.807) is 24.3 Å². The fraction of sp³-hybridized carbons (Fsp3) is 0.409. The van der Waals surface area contributed by atoms with Crippen LogP contribution in [-0.4, -0.2) is 33.7 Å². The number of anilines is 1. The van der Waals surface area contributed by atoms with Crippen molar-refractivity contribution in [3.63, 3.8) is 0 Å². The van der Waals surface area contributed by atoms with Crippen LogP contribution in [0, 0.1) is 0 Å². The Bertz CT molecular complexity index is 971. The highest BCUT2D eigenvalue weighted by Gasteiger charge is 2.22. The number of aryl methyl sites for hydroxylation is 2. The molecule has 0 heterocycles. The van der Waals surface area contributed by atoms with E-state index in [0.717, 1.165) is 29.0 Å². The molecule has 1 atom stereocenters. The first-order valence-corrected chi connectivity index (χ1v) is 11.7. The lowest BCUT2D eigenvalue weighted by molar-refractivity contribution is -0.120. The molecule has 6 nitrogen and oxygen atoms in total. The summed E-state index contributed by atoms with van der Waals surface area (Å²) in [6.07, 6.45) is 4.46. The monoisotopic (exact) mass is 416 g/mol. The summed E-state index contributed by atoms with van der Waals surface area (Å²) in [6, 6.07) is 12.8. The number of hydrogen-bond donors (Lipinski definition) is 1. The standard InChI is InChI=1S/C22H28N2O4S/c1-4-28-21-12-10-20(11-13-21)24(29(3,26)27)15-22(25)23-16(2)18-9-8-17-6-5-7-19(17)14-18/h8-14,16H,4-7,15H2,1-3H3,(H,23,25)/t16-/m0/s1.